The molecule has 1 amide bonds. The summed E-state index contributed by atoms with van der Waals surface area (Å²) in [6, 6.07) is 16.1. The number of hydrogen-bond acceptors (Lipinski definition) is 4. The fraction of sp³-hybridized carbons (Fsp3) is 0.360. The number of ether oxygens (including phenoxy) is 1. The minimum absolute atomic E-state index is 0.0836. The van der Waals surface area contributed by atoms with Crippen molar-refractivity contribution in [2.45, 2.75) is 55.8 Å². The Labute approximate surface area is 192 Å². The summed E-state index contributed by atoms with van der Waals surface area (Å²) >= 11 is 1.44. The second-order valence-electron chi connectivity index (χ2n) is 8.08. The molecule has 3 unspecified atom stereocenters. The number of amides is 1. The largest absolute Gasteiger partial charge is 0.376 e. The highest BCUT2D eigenvalue weighted by molar-refractivity contribution is 8.00. The van der Waals surface area contributed by atoms with Gasteiger partial charge >= 0.3 is 0 Å². The van der Waals surface area contributed by atoms with Gasteiger partial charge in [-0.25, -0.2) is 9.37 Å². The molecule has 1 aliphatic heterocycles. The minimum atomic E-state index is -0.341. The molecule has 168 valence electrons. The monoisotopic (exact) mass is 453 g/mol. The van der Waals surface area contributed by atoms with Gasteiger partial charge in [0, 0.05) is 6.61 Å². The van der Waals surface area contributed by atoms with E-state index in [9.17, 15) is 9.18 Å². The Hall–Kier alpha value is -2.64. The molecular weight excluding hydrogens is 425 g/mol. The van der Waals surface area contributed by atoms with E-state index in [2.05, 4.69) is 27.0 Å². The smallest absolute Gasteiger partial charge is 0.233 e. The van der Waals surface area contributed by atoms with E-state index in [1.165, 1.54) is 23.9 Å². The average Bonchev–Trinajstić information content (AvgIpc) is 3.45. The maximum Gasteiger partial charge on any atom is 0.233 e. The SMILES string of the molecule is CC(Sc1ncc(-c2ccccc2)n1CC1CCCO1)C(=O)NC(C)c1ccc(F)cc1. The molecule has 3 aromatic rings. The standard InChI is InChI=1S/C25H28FN3O2S/c1-17(19-10-12-21(26)13-11-19)28-24(30)18(2)32-25-27-15-23(20-7-4-3-5-8-20)29(25)16-22-9-6-14-31-22/h3-5,7-8,10-13,15,17-18,22H,6,9,14,16H2,1-2H3,(H,28,30). The number of nitrogens with one attached hydrogen (secondary N) is 1. The van der Waals surface area contributed by atoms with Gasteiger partial charge in [0.25, 0.3) is 0 Å². The first kappa shape index (κ1) is 22.6. The van der Waals surface area contributed by atoms with Gasteiger partial charge in [-0.1, -0.05) is 54.2 Å². The van der Waals surface area contributed by atoms with Crippen LogP contribution in [0.1, 0.15) is 38.3 Å². The van der Waals surface area contributed by atoms with Gasteiger partial charge in [-0.15, -0.1) is 0 Å². The first-order valence-electron chi connectivity index (χ1n) is 11.0. The van der Waals surface area contributed by atoms with Gasteiger partial charge < -0.3 is 14.6 Å². The van der Waals surface area contributed by atoms with Crippen molar-refractivity contribution in [3.63, 3.8) is 0 Å². The predicted octanol–water partition coefficient (Wildman–Crippen LogP) is 5.23. The number of thioether (sulfide) groups is 1. The maximum absolute atomic E-state index is 13.2. The van der Waals surface area contributed by atoms with Crippen molar-refractivity contribution in [2.75, 3.05) is 6.61 Å². The highest BCUT2D eigenvalue weighted by Gasteiger charge is 2.24. The molecule has 4 rings (SSSR count). The Morgan fingerprint density at radius 3 is 2.66 bits per heavy atom. The van der Waals surface area contributed by atoms with E-state index in [-0.39, 0.29) is 29.1 Å². The van der Waals surface area contributed by atoms with Crippen molar-refractivity contribution in [1.29, 1.82) is 0 Å². The van der Waals surface area contributed by atoms with E-state index in [1.807, 2.05) is 38.2 Å². The van der Waals surface area contributed by atoms with Gasteiger partial charge in [-0.2, -0.15) is 0 Å². The molecule has 0 bridgehead atoms. The number of rotatable bonds is 8. The normalized spacial score (nSPS) is 17.8. The van der Waals surface area contributed by atoms with Crippen LogP contribution in [0.5, 0.6) is 0 Å². The second-order valence-corrected chi connectivity index (χ2v) is 9.39. The van der Waals surface area contributed by atoms with Gasteiger partial charge in [0.1, 0.15) is 5.82 Å². The number of halogens is 1. The van der Waals surface area contributed by atoms with Crippen LogP contribution >= 0.6 is 11.8 Å². The van der Waals surface area contributed by atoms with Crippen molar-refractivity contribution in [2.24, 2.45) is 0 Å². The molecule has 2 heterocycles. The highest BCUT2D eigenvalue weighted by atomic mass is 32.2. The lowest BCUT2D eigenvalue weighted by Gasteiger charge is -2.19. The van der Waals surface area contributed by atoms with Gasteiger partial charge in [0.05, 0.1) is 35.8 Å². The molecule has 0 saturated carbocycles. The molecule has 7 heteroatoms. The van der Waals surface area contributed by atoms with Gasteiger partial charge in [0.15, 0.2) is 5.16 Å². The van der Waals surface area contributed by atoms with Crippen LogP contribution in [0.15, 0.2) is 66.0 Å². The van der Waals surface area contributed by atoms with Crippen molar-refractivity contribution in [3.8, 4) is 11.3 Å². The lowest BCUT2D eigenvalue weighted by atomic mass is 10.1. The molecule has 0 spiro atoms. The molecule has 1 aliphatic rings. The minimum Gasteiger partial charge on any atom is -0.376 e. The van der Waals surface area contributed by atoms with E-state index < -0.39 is 0 Å². The Kier molecular flexibility index (Phi) is 7.27. The van der Waals surface area contributed by atoms with E-state index >= 15 is 0 Å². The number of imidazole rings is 1. The summed E-state index contributed by atoms with van der Waals surface area (Å²) in [6.07, 6.45) is 4.14. The van der Waals surface area contributed by atoms with Crippen molar-refractivity contribution in [3.05, 3.63) is 72.2 Å². The highest BCUT2D eigenvalue weighted by Crippen LogP contribution is 2.30. The molecule has 1 saturated heterocycles. The van der Waals surface area contributed by atoms with E-state index in [0.717, 1.165) is 41.4 Å². The van der Waals surface area contributed by atoms with Crippen molar-refractivity contribution >= 4 is 17.7 Å². The summed E-state index contributed by atoms with van der Waals surface area (Å²) < 4.78 is 21.2. The zero-order chi connectivity index (χ0) is 22.5. The first-order chi connectivity index (χ1) is 15.5. The van der Waals surface area contributed by atoms with Gasteiger partial charge in [0.2, 0.25) is 5.91 Å². The summed E-state index contributed by atoms with van der Waals surface area (Å²) in [5, 5.41) is 3.48. The van der Waals surface area contributed by atoms with E-state index in [1.54, 1.807) is 12.1 Å². The van der Waals surface area contributed by atoms with Crippen LogP contribution in [0.25, 0.3) is 11.3 Å². The van der Waals surface area contributed by atoms with E-state index in [0.29, 0.717) is 6.54 Å². The number of nitrogens with zero attached hydrogens (tertiary/aromatic N) is 2. The predicted molar refractivity (Wildman–Crippen MR) is 125 cm³/mol. The first-order valence-corrected chi connectivity index (χ1v) is 11.8. The molecule has 2 aromatic carbocycles. The van der Waals surface area contributed by atoms with Crippen LogP contribution in [-0.2, 0) is 16.1 Å². The lowest BCUT2D eigenvalue weighted by Crippen LogP contribution is -2.33. The fourth-order valence-corrected chi connectivity index (χ4v) is 4.74. The van der Waals surface area contributed by atoms with Crippen molar-refractivity contribution in [1.82, 2.24) is 14.9 Å². The summed E-state index contributed by atoms with van der Waals surface area (Å²) in [4.78, 5) is 17.5. The van der Waals surface area contributed by atoms with Gasteiger partial charge in [-0.05, 0) is 49.9 Å². The van der Waals surface area contributed by atoms with Crippen LogP contribution in [0.3, 0.4) is 0 Å². The summed E-state index contributed by atoms with van der Waals surface area (Å²) in [6.45, 7) is 5.29. The third-order valence-electron chi connectivity index (χ3n) is 5.68. The zero-order valence-corrected chi connectivity index (χ0v) is 19.1. The Bertz CT molecular complexity index is 1030. The van der Waals surface area contributed by atoms with E-state index in [4.69, 9.17) is 4.74 Å². The van der Waals surface area contributed by atoms with Crippen LogP contribution in [0.2, 0.25) is 0 Å². The summed E-state index contributed by atoms with van der Waals surface area (Å²) in [5.41, 5.74) is 2.98. The van der Waals surface area contributed by atoms with Crippen molar-refractivity contribution < 1.29 is 13.9 Å². The van der Waals surface area contributed by atoms with Gasteiger partial charge in [-0.3, -0.25) is 4.79 Å². The van der Waals surface area contributed by atoms with Crippen LogP contribution in [-0.4, -0.2) is 33.4 Å². The Morgan fingerprint density at radius 1 is 1.22 bits per heavy atom. The molecule has 5 nitrogen and oxygen atoms in total. The number of carbonyl (C=O) groups is 1. The Morgan fingerprint density at radius 2 is 1.97 bits per heavy atom. The molecular formula is C25H28FN3O2S. The third kappa shape index (κ3) is 5.40. The van der Waals surface area contributed by atoms with Crippen LogP contribution in [0, 0.1) is 5.82 Å². The Balaban J connectivity index is 1.49. The summed E-state index contributed by atoms with van der Waals surface area (Å²) in [5.74, 6) is -0.372. The third-order valence-corrected chi connectivity index (χ3v) is 6.78. The number of hydrogen-bond donors (Lipinski definition) is 1. The molecule has 1 aromatic heterocycles. The molecule has 0 aliphatic carbocycles. The molecule has 3 atom stereocenters. The lowest BCUT2D eigenvalue weighted by molar-refractivity contribution is -0.120. The molecule has 1 N–H and O–H groups in total. The molecule has 32 heavy (non-hydrogen) atoms. The zero-order valence-electron chi connectivity index (χ0n) is 18.3. The topological polar surface area (TPSA) is 56.2 Å². The molecule has 0 radical (unpaired) electrons. The number of carbonyl (C=O) groups excluding carboxylic acids is 1. The van der Waals surface area contributed by atoms with Crippen LogP contribution < -0.4 is 5.32 Å². The quantitative estimate of drug-likeness (QED) is 0.475. The average molecular weight is 454 g/mol. The maximum atomic E-state index is 13.2. The molecule has 1 fully saturated rings. The number of aromatic nitrogens is 2. The summed E-state index contributed by atoms with van der Waals surface area (Å²) in [7, 11) is 0. The second kappa shape index (κ2) is 10.3. The number of benzene rings is 2. The fourth-order valence-electron chi connectivity index (χ4n) is 3.84. The van der Waals surface area contributed by atoms with Crippen LogP contribution in [0.4, 0.5) is 4.39 Å².